The van der Waals surface area contributed by atoms with Gasteiger partial charge in [-0.3, -0.25) is 4.79 Å². The number of thiocarbonyl (C=S) groups is 1. The van der Waals surface area contributed by atoms with Crippen LogP contribution in [0.3, 0.4) is 0 Å². The third kappa shape index (κ3) is 8.92. The first-order chi connectivity index (χ1) is 8.25. The van der Waals surface area contributed by atoms with Crippen molar-refractivity contribution in [3.05, 3.63) is 0 Å². The quantitative estimate of drug-likeness (QED) is 0.716. The highest BCUT2D eigenvalue weighted by Gasteiger charge is 2.31. The minimum absolute atomic E-state index is 0.195. The summed E-state index contributed by atoms with van der Waals surface area (Å²) in [6.45, 7) is 14.6. The average Bonchev–Trinajstić information content (AvgIpc) is 2.10. The van der Waals surface area contributed by atoms with Crippen molar-refractivity contribution >= 4 is 45.2 Å². The molecule has 0 aliphatic heterocycles. The third-order valence-electron chi connectivity index (χ3n) is 2.44. The number of hydrogen-bond donors (Lipinski definition) is 1. The maximum absolute atomic E-state index is 11.1. The minimum atomic E-state index is -0.849. The molecule has 0 fully saturated rings. The van der Waals surface area contributed by atoms with Crippen LogP contribution in [0, 0.1) is 10.8 Å². The van der Waals surface area contributed by atoms with Crippen LogP contribution in [0.15, 0.2) is 0 Å². The van der Waals surface area contributed by atoms with E-state index in [0.29, 0.717) is 5.41 Å². The van der Waals surface area contributed by atoms with E-state index in [1.54, 1.807) is 25.6 Å². The van der Waals surface area contributed by atoms with Gasteiger partial charge < -0.3 is 5.11 Å². The average molecular weight is 323 g/mol. The summed E-state index contributed by atoms with van der Waals surface area (Å²) < 4.78 is -0.132. The number of carbonyl (C=O) groups is 1. The van der Waals surface area contributed by atoms with Crippen LogP contribution < -0.4 is 0 Å². The molecule has 0 unspecified atom stereocenters. The molecule has 5 heteroatoms. The number of hydrogen-bond acceptors (Lipinski definition) is 4. The molecule has 0 saturated heterocycles. The van der Waals surface area contributed by atoms with E-state index in [1.807, 2.05) is 0 Å². The molecule has 0 saturated carbocycles. The van der Waals surface area contributed by atoms with Gasteiger partial charge in [-0.25, -0.2) is 0 Å². The molecule has 19 heavy (non-hydrogen) atoms. The van der Waals surface area contributed by atoms with Crippen LogP contribution in [-0.4, -0.2) is 25.1 Å². The monoisotopic (exact) mass is 322 g/mol. The van der Waals surface area contributed by atoms with Gasteiger partial charge in [0.1, 0.15) is 8.28 Å². The van der Waals surface area contributed by atoms with Crippen LogP contribution in [0.1, 0.15) is 54.9 Å². The van der Waals surface area contributed by atoms with Crippen LogP contribution in [-0.2, 0) is 4.79 Å². The van der Waals surface area contributed by atoms with E-state index in [1.165, 1.54) is 11.8 Å². The molecule has 0 rings (SSSR count). The fourth-order valence-electron chi connectivity index (χ4n) is 2.02. The van der Waals surface area contributed by atoms with Gasteiger partial charge in [-0.15, -0.1) is 11.8 Å². The van der Waals surface area contributed by atoms with E-state index in [0.717, 1.165) is 15.7 Å². The molecule has 2 nitrogen and oxygen atoms in total. The Morgan fingerprint density at radius 1 is 1.11 bits per heavy atom. The normalized spacial score (nSPS) is 13.4. The zero-order chi connectivity index (χ0) is 15.5. The van der Waals surface area contributed by atoms with Gasteiger partial charge in [0.15, 0.2) is 0 Å². The Balaban J connectivity index is 4.34. The van der Waals surface area contributed by atoms with Gasteiger partial charge in [0.25, 0.3) is 0 Å². The minimum Gasteiger partial charge on any atom is -0.480 e. The number of carboxylic acids is 1. The van der Waals surface area contributed by atoms with Gasteiger partial charge >= 0.3 is 5.97 Å². The van der Waals surface area contributed by atoms with Gasteiger partial charge in [0.05, 0.1) is 0 Å². The van der Waals surface area contributed by atoms with Crippen molar-refractivity contribution < 1.29 is 9.90 Å². The Hall–Kier alpha value is 0.260. The highest BCUT2D eigenvalue weighted by atomic mass is 32.2. The lowest BCUT2D eigenvalue weighted by molar-refractivity contribution is -0.138. The number of carboxylic acid groups (broad SMARTS) is 1. The van der Waals surface area contributed by atoms with Crippen molar-refractivity contribution in [3.8, 4) is 0 Å². The van der Waals surface area contributed by atoms with Gasteiger partial charge in [-0.2, -0.15) is 0 Å². The molecular weight excluding hydrogens is 296 g/mol. The summed E-state index contributed by atoms with van der Waals surface area (Å²) in [6.07, 6.45) is 1.11. The number of rotatable bonds is 5. The summed E-state index contributed by atoms with van der Waals surface area (Å²) in [5.41, 5.74) is 0.486. The molecule has 0 aromatic carbocycles. The fourth-order valence-corrected chi connectivity index (χ4v) is 4.98. The van der Waals surface area contributed by atoms with E-state index in [9.17, 15) is 4.79 Å². The molecule has 0 spiro atoms. The highest BCUT2D eigenvalue weighted by Crippen LogP contribution is 2.38. The standard InChI is InChI=1S/C14H26O2S3/c1-12(2,3)8-13(4,5)9-18-11(17)19-14(6,7)10(15)16/h8-9H2,1-7H3,(H,15,16). The van der Waals surface area contributed by atoms with Gasteiger partial charge in [-0.1, -0.05) is 58.6 Å². The Kier molecular flexibility index (Phi) is 6.90. The summed E-state index contributed by atoms with van der Waals surface area (Å²) in [5, 5.41) is 9.08. The lowest BCUT2D eigenvalue weighted by atomic mass is 9.77. The highest BCUT2D eigenvalue weighted by molar-refractivity contribution is 8.47. The molecule has 0 atom stereocenters. The summed E-state index contributed by atoms with van der Waals surface area (Å²) in [5.74, 6) is 0.0978. The maximum Gasteiger partial charge on any atom is 0.319 e. The Morgan fingerprint density at radius 3 is 1.95 bits per heavy atom. The van der Waals surface area contributed by atoms with Crippen molar-refractivity contribution in [3.63, 3.8) is 0 Å². The molecule has 0 bridgehead atoms. The molecule has 0 radical (unpaired) electrons. The predicted octanol–water partition coefficient (Wildman–Crippen LogP) is 5.06. The van der Waals surface area contributed by atoms with E-state index >= 15 is 0 Å². The van der Waals surface area contributed by atoms with Crippen molar-refractivity contribution in [2.24, 2.45) is 10.8 Å². The topological polar surface area (TPSA) is 37.3 Å². The van der Waals surface area contributed by atoms with Gasteiger partial charge in [0.2, 0.25) is 0 Å². The predicted molar refractivity (Wildman–Crippen MR) is 92.2 cm³/mol. The molecule has 0 aromatic rings. The summed E-state index contributed by atoms with van der Waals surface area (Å²) in [4.78, 5) is 11.1. The lowest BCUT2D eigenvalue weighted by Crippen LogP contribution is -2.28. The number of thioether (sulfide) groups is 2. The Labute approximate surface area is 131 Å². The van der Waals surface area contributed by atoms with E-state index in [4.69, 9.17) is 17.3 Å². The summed E-state index contributed by atoms with van der Waals surface area (Å²) >= 11 is 8.16. The maximum atomic E-state index is 11.1. The molecular formula is C14H26O2S3. The Morgan fingerprint density at radius 2 is 1.58 bits per heavy atom. The molecule has 0 aliphatic rings. The zero-order valence-corrected chi connectivity index (χ0v) is 15.4. The second-order valence-electron chi connectivity index (χ2n) is 7.36. The molecule has 0 amide bonds. The smallest absolute Gasteiger partial charge is 0.319 e. The third-order valence-corrected chi connectivity index (χ3v) is 5.66. The van der Waals surface area contributed by atoms with Gasteiger partial charge in [-0.05, 0) is 31.1 Å². The van der Waals surface area contributed by atoms with Crippen LogP contribution in [0.25, 0.3) is 0 Å². The Bertz CT molecular complexity index is 341. The van der Waals surface area contributed by atoms with Crippen LogP contribution in [0.2, 0.25) is 0 Å². The summed E-state index contributed by atoms with van der Waals surface area (Å²) in [7, 11) is 0. The lowest BCUT2D eigenvalue weighted by Gasteiger charge is -2.32. The molecule has 112 valence electrons. The largest absolute Gasteiger partial charge is 0.480 e. The summed E-state index contributed by atoms with van der Waals surface area (Å²) in [6, 6.07) is 0. The van der Waals surface area contributed by atoms with Crippen LogP contribution in [0.5, 0.6) is 0 Å². The fraction of sp³-hybridized carbons (Fsp3) is 0.857. The van der Waals surface area contributed by atoms with Crippen LogP contribution in [0.4, 0.5) is 0 Å². The van der Waals surface area contributed by atoms with Crippen molar-refractivity contribution in [2.75, 3.05) is 5.75 Å². The van der Waals surface area contributed by atoms with E-state index in [-0.39, 0.29) is 5.41 Å². The first-order valence-electron chi connectivity index (χ1n) is 6.34. The van der Waals surface area contributed by atoms with Gasteiger partial charge in [0, 0.05) is 5.75 Å². The van der Waals surface area contributed by atoms with Crippen LogP contribution >= 0.6 is 35.7 Å². The first-order valence-corrected chi connectivity index (χ1v) is 8.55. The molecule has 0 heterocycles. The van der Waals surface area contributed by atoms with E-state index in [2.05, 4.69) is 34.6 Å². The SMILES string of the molecule is CC(C)(C)CC(C)(C)CSC(=S)SC(C)(C)C(=O)O. The van der Waals surface area contributed by atoms with Crippen molar-refractivity contribution in [2.45, 2.75) is 59.6 Å². The molecule has 0 aliphatic carbocycles. The van der Waals surface area contributed by atoms with Crippen molar-refractivity contribution in [1.29, 1.82) is 0 Å². The van der Waals surface area contributed by atoms with Crippen molar-refractivity contribution in [1.82, 2.24) is 0 Å². The first kappa shape index (κ1) is 19.3. The van der Waals surface area contributed by atoms with E-state index < -0.39 is 10.7 Å². The second kappa shape index (κ2) is 6.81. The number of aliphatic carboxylic acids is 1. The second-order valence-corrected chi connectivity index (χ2v) is 11.2. The molecule has 0 aromatic heterocycles. The molecule has 1 N–H and O–H groups in total. The zero-order valence-electron chi connectivity index (χ0n) is 13.0.